The Bertz CT molecular complexity index is 425. The van der Waals surface area contributed by atoms with Gasteiger partial charge >= 0.3 is 5.97 Å². The van der Waals surface area contributed by atoms with Crippen molar-refractivity contribution in [3.63, 3.8) is 0 Å². The number of ether oxygens (including phenoxy) is 1. The zero-order valence-electron chi connectivity index (χ0n) is 10.7. The maximum absolute atomic E-state index is 11.0. The number of rotatable bonds is 4. The first-order valence-corrected chi connectivity index (χ1v) is 6.47. The van der Waals surface area contributed by atoms with Crippen LogP contribution in [0.2, 0.25) is 0 Å². The van der Waals surface area contributed by atoms with Crippen LogP contribution in [0.25, 0.3) is 0 Å². The van der Waals surface area contributed by atoms with Gasteiger partial charge in [0.15, 0.2) is 0 Å². The quantitative estimate of drug-likeness (QED) is 0.891. The fraction of sp³-hybridized carbons (Fsp3) is 0.500. The number of anilines is 1. The molecule has 18 heavy (non-hydrogen) atoms. The highest BCUT2D eigenvalue weighted by Crippen LogP contribution is 2.31. The van der Waals surface area contributed by atoms with Crippen LogP contribution >= 0.6 is 0 Å². The molecule has 2 rings (SSSR count). The predicted molar refractivity (Wildman–Crippen MR) is 70.6 cm³/mol. The van der Waals surface area contributed by atoms with E-state index in [-0.39, 0.29) is 0 Å². The maximum Gasteiger partial charge on any atom is 0.335 e. The summed E-state index contributed by atoms with van der Waals surface area (Å²) >= 11 is 0. The van der Waals surface area contributed by atoms with E-state index in [0.717, 1.165) is 37.4 Å². The van der Waals surface area contributed by atoms with Crippen molar-refractivity contribution in [2.24, 2.45) is 0 Å². The molecule has 1 N–H and O–H groups in total. The Balaban J connectivity index is 2.32. The molecule has 98 valence electrons. The SMILES string of the molecule is CCOc1ccc(C(=O)O)cc1N1CCCCC1. The highest BCUT2D eigenvalue weighted by molar-refractivity contribution is 5.89. The first kappa shape index (κ1) is 12.7. The third-order valence-corrected chi connectivity index (χ3v) is 3.20. The molecule has 1 saturated heterocycles. The predicted octanol–water partition coefficient (Wildman–Crippen LogP) is 2.77. The van der Waals surface area contributed by atoms with Crippen LogP contribution in [0.15, 0.2) is 18.2 Å². The molecule has 1 aliphatic rings. The lowest BCUT2D eigenvalue weighted by Gasteiger charge is -2.30. The third-order valence-electron chi connectivity index (χ3n) is 3.20. The average molecular weight is 249 g/mol. The molecule has 4 nitrogen and oxygen atoms in total. The lowest BCUT2D eigenvalue weighted by atomic mass is 10.1. The van der Waals surface area contributed by atoms with Gasteiger partial charge in [0.1, 0.15) is 5.75 Å². The monoisotopic (exact) mass is 249 g/mol. The normalized spacial score (nSPS) is 15.5. The molecule has 1 heterocycles. The van der Waals surface area contributed by atoms with Crippen molar-refractivity contribution in [2.45, 2.75) is 26.2 Å². The molecule has 1 aliphatic heterocycles. The van der Waals surface area contributed by atoms with E-state index >= 15 is 0 Å². The van der Waals surface area contributed by atoms with Crippen LogP contribution in [-0.4, -0.2) is 30.8 Å². The van der Waals surface area contributed by atoms with Gasteiger partial charge in [-0.2, -0.15) is 0 Å². The lowest BCUT2D eigenvalue weighted by Crippen LogP contribution is -2.30. The van der Waals surface area contributed by atoms with E-state index in [1.165, 1.54) is 6.42 Å². The number of piperidine rings is 1. The lowest BCUT2D eigenvalue weighted by molar-refractivity contribution is 0.0697. The molecule has 0 amide bonds. The molecular formula is C14H19NO3. The molecule has 0 atom stereocenters. The van der Waals surface area contributed by atoms with E-state index in [1.54, 1.807) is 18.2 Å². The van der Waals surface area contributed by atoms with Gasteiger partial charge in [0.2, 0.25) is 0 Å². The highest BCUT2D eigenvalue weighted by atomic mass is 16.5. The standard InChI is InChI=1S/C14H19NO3/c1-2-18-13-7-6-11(14(16)17)10-12(13)15-8-4-3-5-9-15/h6-7,10H,2-5,8-9H2,1H3,(H,16,17). The minimum absolute atomic E-state index is 0.319. The number of aromatic carboxylic acids is 1. The molecule has 4 heteroatoms. The van der Waals surface area contributed by atoms with Crippen LogP contribution in [0.1, 0.15) is 36.5 Å². The Morgan fingerprint density at radius 2 is 2.06 bits per heavy atom. The van der Waals surface area contributed by atoms with Gasteiger partial charge in [-0.25, -0.2) is 4.79 Å². The van der Waals surface area contributed by atoms with Crippen molar-refractivity contribution >= 4 is 11.7 Å². The zero-order chi connectivity index (χ0) is 13.0. The summed E-state index contributed by atoms with van der Waals surface area (Å²) in [6.07, 6.45) is 3.56. The number of benzene rings is 1. The summed E-state index contributed by atoms with van der Waals surface area (Å²) in [5.41, 5.74) is 1.23. The Morgan fingerprint density at radius 1 is 1.33 bits per heavy atom. The van der Waals surface area contributed by atoms with Crippen molar-refractivity contribution in [2.75, 3.05) is 24.6 Å². The fourth-order valence-corrected chi connectivity index (χ4v) is 2.31. The van der Waals surface area contributed by atoms with E-state index < -0.39 is 5.97 Å². The van der Waals surface area contributed by atoms with Gasteiger partial charge in [0.05, 0.1) is 17.9 Å². The number of nitrogens with zero attached hydrogens (tertiary/aromatic N) is 1. The number of carboxylic acid groups (broad SMARTS) is 1. The van der Waals surface area contributed by atoms with Crippen molar-refractivity contribution in [1.29, 1.82) is 0 Å². The summed E-state index contributed by atoms with van der Waals surface area (Å²) in [6.45, 7) is 4.48. The number of carbonyl (C=O) groups is 1. The van der Waals surface area contributed by atoms with Crippen LogP contribution in [0.3, 0.4) is 0 Å². The summed E-state index contributed by atoms with van der Waals surface area (Å²) in [5.74, 6) is -0.110. The fourth-order valence-electron chi connectivity index (χ4n) is 2.31. The first-order valence-electron chi connectivity index (χ1n) is 6.47. The largest absolute Gasteiger partial charge is 0.492 e. The van der Waals surface area contributed by atoms with Gasteiger partial charge < -0.3 is 14.7 Å². The van der Waals surface area contributed by atoms with Crippen LogP contribution in [0.4, 0.5) is 5.69 Å². The van der Waals surface area contributed by atoms with Gasteiger partial charge in [0.25, 0.3) is 0 Å². The van der Waals surface area contributed by atoms with Crippen LogP contribution in [0.5, 0.6) is 5.75 Å². The second kappa shape index (κ2) is 5.76. The molecular weight excluding hydrogens is 230 g/mol. The Morgan fingerprint density at radius 3 is 2.67 bits per heavy atom. The summed E-state index contributed by atoms with van der Waals surface area (Å²) in [4.78, 5) is 13.3. The molecule has 0 saturated carbocycles. The van der Waals surface area contributed by atoms with Gasteiger partial charge in [0, 0.05) is 13.1 Å². The Hall–Kier alpha value is -1.71. The van der Waals surface area contributed by atoms with Gasteiger partial charge in [-0.05, 0) is 44.4 Å². The minimum atomic E-state index is -0.892. The van der Waals surface area contributed by atoms with E-state index in [9.17, 15) is 4.79 Å². The van der Waals surface area contributed by atoms with Crippen molar-refractivity contribution in [3.8, 4) is 5.75 Å². The van der Waals surface area contributed by atoms with E-state index in [1.807, 2.05) is 6.92 Å². The molecule has 1 aromatic rings. The number of hydrogen-bond acceptors (Lipinski definition) is 3. The van der Waals surface area contributed by atoms with Gasteiger partial charge in [-0.3, -0.25) is 0 Å². The molecule has 1 fully saturated rings. The molecule has 0 bridgehead atoms. The van der Waals surface area contributed by atoms with Crippen molar-refractivity contribution < 1.29 is 14.6 Å². The molecule has 0 radical (unpaired) electrons. The second-order valence-electron chi connectivity index (χ2n) is 4.47. The third kappa shape index (κ3) is 2.75. The topological polar surface area (TPSA) is 49.8 Å². The molecule has 0 aromatic heterocycles. The Labute approximate surface area is 107 Å². The molecule has 0 spiro atoms. The first-order chi connectivity index (χ1) is 8.72. The smallest absolute Gasteiger partial charge is 0.335 e. The highest BCUT2D eigenvalue weighted by Gasteiger charge is 2.17. The minimum Gasteiger partial charge on any atom is -0.492 e. The Kier molecular flexibility index (Phi) is 4.07. The van der Waals surface area contributed by atoms with Crippen LogP contribution in [0, 0.1) is 0 Å². The van der Waals surface area contributed by atoms with E-state index in [2.05, 4.69) is 4.90 Å². The summed E-state index contributed by atoms with van der Waals surface area (Å²) in [7, 11) is 0. The van der Waals surface area contributed by atoms with Crippen LogP contribution < -0.4 is 9.64 Å². The van der Waals surface area contributed by atoms with E-state index in [4.69, 9.17) is 9.84 Å². The number of carboxylic acids is 1. The van der Waals surface area contributed by atoms with Crippen molar-refractivity contribution in [1.82, 2.24) is 0 Å². The summed E-state index contributed by atoms with van der Waals surface area (Å²) < 4.78 is 5.59. The zero-order valence-corrected chi connectivity index (χ0v) is 10.7. The number of hydrogen-bond donors (Lipinski definition) is 1. The van der Waals surface area contributed by atoms with Gasteiger partial charge in [-0.1, -0.05) is 0 Å². The van der Waals surface area contributed by atoms with E-state index in [0.29, 0.717) is 12.2 Å². The molecule has 1 aromatic carbocycles. The van der Waals surface area contributed by atoms with Crippen LogP contribution in [-0.2, 0) is 0 Å². The molecule has 0 aliphatic carbocycles. The summed E-state index contributed by atoms with van der Waals surface area (Å²) in [5, 5.41) is 9.07. The molecule has 0 unspecified atom stereocenters. The second-order valence-corrected chi connectivity index (χ2v) is 4.47. The van der Waals surface area contributed by atoms with Gasteiger partial charge in [-0.15, -0.1) is 0 Å². The maximum atomic E-state index is 11.0. The average Bonchev–Trinajstić information content (AvgIpc) is 2.40. The van der Waals surface area contributed by atoms with Crippen molar-refractivity contribution in [3.05, 3.63) is 23.8 Å². The summed E-state index contributed by atoms with van der Waals surface area (Å²) in [6, 6.07) is 5.08.